The van der Waals surface area contributed by atoms with E-state index in [1.807, 2.05) is 30.5 Å². The Morgan fingerprint density at radius 3 is 2.83 bits per heavy atom. The summed E-state index contributed by atoms with van der Waals surface area (Å²) in [6, 6.07) is 12.1. The van der Waals surface area contributed by atoms with Crippen molar-refractivity contribution in [3.63, 3.8) is 0 Å². The number of hydrogen-bond donors (Lipinski definition) is 0. The van der Waals surface area contributed by atoms with Gasteiger partial charge in [0.1, 0.15) is 17.1 Å². The Hall–Kier alpha value is -2.40. The molecule has 5 nitrogen and oxygen atoms in total. The van der Waals surface area contributed by atoms with E-state index in [9.17, 15) is 0 Å². The van der Waals surface area contributed by atoms with E-state index in [-0.39, 0.29) is 0 Å². The number of likely N-dealkylation sites (N-methyl/N-ethyl adjacent to an activating group) is 1. The molecule has 0 saturated carbocycles. The predicted octanol–water partition coefficient (Wildman–Crippen LogP) is 2.59. The standard InChI is InChI=1S/C18H22N4O/c1-21(2)10-11-22-17(20-16-8-5-9-19-18(16)22)13-14-6-4-7-15(12-14)23-3/h4-9,12H,10-11,13H2,1-3H3. The molecule has 1 aromatic carbocycles. The summed E-state index contributed by atoms with van der Waals surface area (Å²) in [5.41, 5.74) is 3.09. The van der Waals surface area contributed by atoms with Gasteiger partial charge in [0.25, 0.3) is 0 Å². The highest BCUT2D eigenvalue weighted by Crippen LogP contribution is 2.19. The lowest BCUT2D eigenvalue weighted by Gasteiger charge is -2.13. The minimum absolute atomic E-state index is 0.765. The van der Waals surface area contributed by atoms with E-state index >= 15 is 0 Å². The number of methoxy groups -OCH3 is 1. The number of nitrogens with zero attached hydrogens (tertiary/aromatic N) is 4. The zero-order valence-corrected chi connectivity index (χ0v) is 13.9. The highest BCUT2D eigenvalue weighted by molar-refractivity contribution is 5.71. The summed E-state index contributed by atoms with van der Waals surface area (Å²) in [5, 5.41) is 0. The molecule has 0 N–H and O–H groups in total. The summed E-state index contributed by atoms with van der Waals surface area (Å²) >= 11 is 0. The van der Waals surface area contributed by atoms with E-state index in [2.05, 4.69) is 40.7 Å². The van der Waals surface area contributed by atoms with Crippen molar-refractivity contribution >= 4 is 11.2 Å². The number of benzene rings is 1. The third-order valence-corrected chi connectivity index (χ3v) is 3.85. The molecular formula is C18H22N4O. The first-order chi connectivity index (χ1) is 11.2. The lowest BCUT2D eigenvalue weighted by atomic mass is 10.1. The van der Waals surface area contributed by atoms with Crippen molar-refractivity contribution < 1.29 is 4.74 Å². The maximum atomic E-state index is 5.31. The molecule has 0 radical (unpaired) electrons. The summed E-state index contributed by atoms with van der Waals surface area (Å²) in [5.74, 6) is 1.91. The van der Waals surface area contributed by atoms with Gasteiger partial charge in [0.15, 0.2) is 5.65 Å². The van der Waals surface area contributed by atoms with E-state index in [0.29, 0.717) is 0 Å². The van der Waals surface area contributed by atoms with E-state index in [1.54, 1.807) is 7.11 Å². The molecule has 0 aliphatic heterocycles. The van der Waals surface area contributed by atoms with Gasteiger partial charge < -0.3 is 14.2 Å². The number of rotatable bonds is 6. The van der Waals surface area contributed by atoms with Crippen molar-refractivity contribution in [1.82, 2.24) is 19.4 Å². The first kappa shape index (κ1) is 15.5. The Kier molecular flexibility index (Phi) is 4.57. The fourth-order valence-electron chi connectivity index (χ4n) is 2.64. The molecular weight excluding hydrogens is 288 g/mol. The van der Waals surface area contributed by atoms with E-state index < -0.39 is 0 Å². The average Bonchev–Trinajstić information content (AvgIpc) is 2.90. The van der Waals surface area contributed by atoms with Crippen molar-refractivity contribution in [2.75, 3.05) is 27.7 Å². The molecule has 3 rings (SSSR count). The van der Waals surface area contributed by atoms with Crippen LogP contribution in [0.15, 0.2) is 42.6 Å². The number of aromatic nitrogens is 3. The monoisotopic (exact) mass is 310 g/mol. The quantitative estimate of drug-likeness (QED) is 0.702. The van der Waals surface area contributed by atoms with Crippen LogP contribution in [0.5, 0.6) is 5.75 Å². The van der Waals surface area contributed by atoms with Crippen LogP contribution >= 0.6 is 0 Å². The lowest BCUT2D eigenvalue weighted by Crippen LogP contribution is -2.19. The Labute approximate surface area is 136 Å². The molecule has 2 aromatic heterocycles. The molecule has 0 amide bonds. The van der Waals surface area contributed by atoms with E-state index in [0.717, 1.165) is 42.2 Å². The summed E-state index contributed by atoms with van der Waals surface area (Å²) in [6.07, 6.45) is 2.59. The molecule has 0 saturated heterocycles. The second-order valence-electron chi connectivity index (χ2n) is 5.86. The zero-order valence-electron chi connectivity index (χ0n) is 13.9. The molecule has 0 unspecified atom stereocenters. The molecule has 0 bridgehead atoms. The van der Waals surface area contributed by atoms with Crippen molar-refractivity contribution in [2.24, 2.45) is 0 Å². The van der Waals surface area contributed by atoms with Crippen LogP contribution in [0.2, 0.25) is 0 Å². The number of hydrogen-bond acceptors (Lipinski definition) is 4. The number of pyridine rings is 1. The normalized spacial score (nSPS) is 11.3. The van der Waals surface area contributed by atoms with Gasteiger partial charge in [0, 0.05) is 25.7 Å². The van der Waals surface area contributed by atoms with Crippen molar-refractivity contribution in [3.05, 3.63) is 54.0 Å². The molecule has 0 aliphatic rings. The fraction of sp³-hybridized carbons (Fsp3) is 0.333. The first-order valence-electron chi connectivity index (χ1n) is 7.75. The minimum Gasteiger partial charge on any atom is -0.497 e. The second kappa shape index (κ2) is 6.79. The summed E-state index contributed by atoms with van der Waals surface area (Å²) in [7, 11) is 5.85. The molecule has 0 spiro atoms. The number of fused-ring (bicyclic) bond motifs is 1. The van der Waals surface area contributed by atoms with Crippen LogP contribution in [0.3, 0.4) is 0 Å². The maximum Gasteiger partial charge on any atom is 0.160 e. The Bertz CT molecular complexity index is 795. The average molecular weight is 310 g/mol. The highest BCUT2D eigenvalue weighted by atomic mass is 16.5. The van der Waals surface area contributed by atoms with Crippen LogP contribution in [0, 0.1) is 0 Å². The lowest BCUT2D eigenvalue weighted by molar-refractivity contribution is 0.383. The maximum absolute atomic E-state index is 5.31. The third-order valence-electron chi connectivity index (χ3n) is 3.85. The number of imidazole rings is 1. The fourth-order valence-corrected chi connectivity index (χ4v) is 2.64. The van der Waals surface area contributed by atoms with Gasteiger partial charge in [-0.3, -0.25) is 0 Å². The van der Waals surface area contributed by atoms with Crippen molar-refractivity contribution in [2.45, 2.75) is 13.0 Å². The van der Waals surface area contributed by atoms with Gasteiger partial charge in [-0.2, -0.15) is 0 Å². The summed E-state index contributed by atoms with van der Waals surface area (Å²) in [4.78, 5) is 11.5. The van der Waals surface area contributed by atoms with Crippen molar-refractivity contribution in [1.29, 1.82) is 0 Å². The predicted molar refractivity (Wildman–Crippen MR) is 91.9 cm³/mol. The Morgan fingerprint density at radius 1 is 1.17 bits per heavy atom. The van der Waals surface area contributed by atoms with Gasteiger partial charge in [0.2, 0.25) is 0 Å². The molecule has 5 heteroatoms. The molecule has 2 heterocycles. The van der Waals surface area contributed by atoms with Crippen LogP contribution in [0.1, 0.15) is 11.4 Å². The van der Waals surface area contributed by atoms with Crippen LogP contribution in [0.25, 0.3) is 11.2 Å². The molecule has 23 heavy (non-hydrogen) atoms. The topological polar surface area (TPSA) is 43.2 Å². The van der Waals surface area contributed by atoms with E-state index in [1.165, 1.54) is 5.56 Å². The molecule has 3 aromatic rings. The van der Waals surface area contributed by atoms with Gasteiger partial charge >= 0.3 is 0 Å². The van der Waals surface area contributed by atoms with Gasteiger partial charge in [0.05, 0.1) is 7.11 Å². The molecule has 0 atom stereocenters. The smallest absolute Gasteiger partial charge is 0.160 e. The minimum atomic E-state index is 0.765. The molecule has 0 aliphatic carbocycles. The third kappa shape index (κ3) is 3.51. The van der Waals surface area contributed by atoms with Crippen molar-refractivity contribution in [3.8, 4) is 5.75 Å². The Morgan fingerprint density at radius 2 is 2.04 bits per heavy atom. The van der Waals surface area contributed by atoms with Crippen LogP contribution < -0.4 is 4.74 Å². The van der Waals surface area contributed by atoms with Crippen LogP contribution in [-0.2, 0) is 13.0 Å². The first-order valence-corrected chi connectivity index (χ1v) is 7.75. The second-order valence-corrected chi connectivity index (χ2v) is 5.86. The van der Waals surface area contributed by atoms with E-state index in [4.69, 9.17) is 9.72 Å². The SMILES string of the molecule is COc1cccc(Cc2nc3cccnc3n2CCN(C)C)c1. The van der Waals surface area contributed by atoms with Crippen LogP contribution in [-0.4, -0.2) is 47.2 Å². The molecule has 0 fully saturated rings. The largest absolute Gasteiger partial charge is 0.497 e. The highest BCUT2D eigenvalue weighted by Gasteiger charge is 2.12. The van der Waals surface area contributed by atoms with Crippen LogP contribution in [0.4, 0.5) is 0 Å². The van der Waals surface area contributed by atoms with Gasteiger partial charge in [-0.25, -0.2) is 9.97 Å². The van der Waals surface area contributed by atoms with Gasteiger partial charge in [-0.1, -0.05) is 12.1 Å². The summed E-state index contributed by atoms with van der Waals surface area (Å²) < 4.78 is 7.53. The Balaban J connectivity index is 1.96. The number of ether oxygens (including phenoxy) is 1. The zero-order chi connectivity index (χ0) is 16.2. The van der Waals surface area contributed by atoms with Gasteiger partial charge in [-0.15, -0.1) is 0 Å². The van der Waals surface area contributed by atoms with Gasteiger partial charge in [-0.05, 0) is 43.9 Å². The summed E-state index contributed by atoms with van der Waals surface area (Å²) in [6.45, 7) is 1.83. The molecule has 120 valence electrons.